The van der Waals surface area contributed by atoms with Gasteiger partial charge in [-0.05, 0) is 0 Å². The van der Waals surface area contributed by atoms with E-state index >= 15 is 0 Å². The molecule has 0 N–H and O–H groups in total. The minimum absolute atomic E-state index is 0.233. The first-order chi connectivity index (χ1) is 12.6. The molecule has 0 aliphatic carbocycles. The minimum Gasteiger partial charge on any atom is -0.463 e. The molecule has 1 saturated heterocycles. The van der Waals surface area contributed by atoms with Crippen LogP contribution >= 0.6 is 11.8 Å². The molecular formula is C17H24O9S. The van der Waals surface area contributed by atoms with Crippen LogP contribution in [0.1, 0.15) is 27.7 Å². The number of rotatable bonds is 8. The smallest absolute Gasteiger partial charge is 0.303 e. The summed E-state index contributed by atoms with van der Waals surface area (Å²) in [6, 6.07) is 0. The highest BCUT2D eigenvalue weighted by molar-refractivity contribution is 7.99. The third kappa shape index (κ3) is 7.59. The molecule has 27 heavy (non-hydrogen) atoms. The van der Waals surface area contributed by atoms with Gasteiger partial charge in [-0.15, -0.1) is 18.3 Å². The number of thioether (sulfide) groups is 1. The van der Waals surface area contributed by atoms with Crippen LogP contribution in [-0.2, 0) is 42.9 Å². The topological polar surface area (TPSA) is 114 Å². The number of hydrogen-bond acceptors (Lipinski definition) is 10. The van der Waals surface area contributed by atoms with Crippen LogP contribution in [-0.4, -0.2) is 66.1 Å². The maximum absolute atomic E-state index is 11.6. The molecular weight excluding hydrogens is 380 g/mol. The summed E-state index contributed by atoms with van der Waals surface area (Å²) in [7, 11) is 0. The van der Waals surface area contributed by atoms with Gasteiger partial charge in [-0.2, -0.15) is 0 Å². The van der Waals surface area contributed by atoms with Crippen molar-refractivity contribution in [2.24, 2.45) is 0 Å². The fourth-order valence-corrected chi connectivity index (χ4v) is 3.43. The lowest BCUT2D eigenvalue weighted by molar-refractivity contribution is -0.237. The largest absolute Gasteiger partial charge is 0.463 e. The second-order valence-electron chi connectivity index (χ2n) is 5.69. The van der Waals surface area contributed by atoms with E-state index in [-0.39, 0.29) is 6.61 Å². The SMILES string of the molecule is C=CCS[C@@H]1OC(COC(C)=O)[C@H](OC(C)=O)[C@H](OC(C)=O)C1OC(C)=O. The first-order valence-corrected chi connectivity index (χ1v) is 9.23. The standard InChI is InChI=1S/C17H24O9S/c1-6-7-27-17-16(25-12(5)21)15(24-11(4)20)14(23-10(3)19)13(26-17)8-22-9(2)18/h6,13-17H,1,7-8H2,2-5H3/t13?,14-,15-,16?,17-/m0/s1. The van der Waals surface area contributed by atoms with Crippen molar-refractivity contribution in [3.05, 3.63) is 12.7 Å². The molecule has 0 aromatic heterocycles. The molecule has 1 rings (SSSR count). The van der Waals surface area contributed by atoms with Gasteiger partial charge >= 0.3 is 23.9 Å². The fraction of sp³-hybridized carbons (Fsp3) is 0.647. The summed E-state index contributed by atoms with van der Waals surface area (Å²) in [6.45, 7) is 8.16. The molecule has 1 aliphatic heterocycles. The van der Waals surface area contributed by atoms with Crippen molar-refractivity contribution in [2.45, 2.75) is 57.5 Å². The molecule has 0 aromatic carbocycles. The lowest BCUT2D eigenvalue weighted by Crippen LogP contribution is -2.61. The Morgan fingerprint density at radius 1 is 0.889 bits per heavy atom. The molecule has 1 heterocycles. The van der Waals surface area contributed by atoms with Crippen LogP contribution in [0.2, 0.25) is 0 Å². The number of carbonyl (C=O) groups excluding carboxylic acids is 4. The van der Waals surface area contributed by atoms with E-state index in [2.05, 4.69) is 6.58 Å². The molecule has 152 valence electrons. The lowest BCUT2D eigenvalue weighted by Gasteiger charge is -2.44. The van der Waals surface area contributed by atoms with Gasteiger partial charge < -0.3 is 23.7 Å². The Balaban J connectivity index is 3.24. The molecule has 1 aliphatic rings. The van der Waals surface area contributed by atoms with Crippen LogP contribution in [0.4, 0.5) is 0 Å². The van der Waals surface area contributed by atoms with Gasteiger partial charge in [0.05, 0.1) is 0 Å². The van der Waals surface area contributed by atoms with Gasteiger partial charge in [-0.3, -0.25) is 19.2 Å². The van der Waals surface area contributed by atoms with Crippen molar-refractivity contribution in [2.75, 3.05) is 12.4 Å². The van der Waals surface area contributed by atoms with E-state index in [0.29, 0.717) is 5.75 Å². The first kappa shape index (κ1) is 23.0. The van der Waals surface area contributed by atoms with Crippen molar-refractivity contribution in [3.8, 4) is 0 Å². The highest BCUT2D eigenvalue weighted by Gasteiger charge is 2.52. The van der Waals surface area contributed by atoms with Gasteiger partial charge in [0.2, 0.25) is 0 Å². The van der Waals surface area contributed by atoms with Crippen LogP contribution in [0.3, 0.4) is 0 Å². The Morgan fingerprint density at radius 3 is 1.89 bits per heavy atom. The molecule has 0 amide bonds. The minimum atomic E-state index is -1.13. The van der Waals surface area contributed by atoms with Crippen LogP contribution in [0.25, 0.3) is 0 Å². The molecule has 2 unspecified atom stereocenters. The highest BCUT2D eigenvalue weighted by Crippen LogP contribution is 2.34. The summed E-state index contributed by atoms with van der Waals surface area (Å²) in [6.07, 6.45) is -2.59. The summed E-state index contributed by atoms with van der Waals surface area (Å²) < 4.78 is 26.7. The summed E-state index contributed by atoms with van der Waals surface area (Å²) in [5.41, 5.74) is -0.761. The fourth-order valence-electron chi connectivity index (χ4n) is 2.49. The van der Waals surface area contributed by atoms with E-state index in [4.69, 9.17) is 23.7 Å². The van der Waals surface area contributed by atoms with Gasteiger partial charge in [0.1, 0.15) is 18.1 Å². The average molecular weight is 404 g/mol. The molecule has 0 aromatic rings. The van der Waals surface area contributed by atoms with Crippen LogP contribution in [0.5, 0.6) is 0 Å². The summed E-state index contributed by atoms with van der Waals surface area (Å²) in [5, 5.41) is 0. The van der Waals surface area contributed by atoms with Crippen LogP contribution in [0, 0.1) is 0 Å². The van der Waals surface area contributed by atoms with E-state index in [1.807, 2.05) is 0 Å². The van der Waals surface area contributed by atoms with Gasteiger partial charge in [0, 0.05) is 33.4 Å². The van der Waals surface area contributed by atoms with Gasteiger partial charge in [-0.1, -0.05) is 6.08 Å². The molecule has 9 nitrogen and oxygen atoms in total. The summed E-state index contributed by atoms with van der Waals surface area (Å²) in [5.74, 6) is -2.04. The maximum atomic E-state index is 11.6. The molecule has 0 radical (unpaired) electrons. The highest BCUT2D eigenvalue weighted by atomic mass is 32.2. The van der Waals surface area contributed by atoms with Crippen molar-refractivity contribution in [1.29, 1.82) is 0 Å². The Hall–Kier alpha value is -2.07. The maximum Gasteiger partial charge on any atom is 0.303 e. The zero-order valence-corrected chi connectivity index (χ0v) is 16.5. The zero-order chi connectivity index (χ0) is 20.6. The third-order valence-electron chi connectivity index (χ3n) is 3.33. The number of esters is 4. The van der Waals surface area contributed by atoms with Gasteiger partial charge in [0.25, 0.3) is 0 Å². The number of ether oxygens (including phenoxy) is 5. The third-order valence-corrected chi connectivity index (χ3v) is 4.46. The van der Waals surface area contributed by atoms with E-state index < -0.39 is 53.7 Å². The Bertz CT molecular complexity index is 577. The van der Waals surface area contributed by atoms with E-state index in [9.17, 15) is 19.2 Å². The average Bonchev–Trinajstić information content (AvgIpc) is 2.54. The van der Waals surface area contributed by atoms with Gasteiger partial charge in [0.15, 0.2) is 18.3 Å². The predicted octanol–water partition coefficient (Wildman–Crippen LogP) is 0.989. The number of hydrogen-bond donors (Lipinski definition) is 0. The molecule has 0 saturated carbocycles. The Labute approximate surface area is 161 Å². The normalized spacial score (nSPS) is 27.2. The van der Waals surface area contributed by atoms with E-state index in [0.717, 1.165) is 0 Å². The first-order valence-electron chi connectivity index (χ1n) is 8.18. The van der Waals surface area contributed by atoms with Crippen LogP contribution in [0.15, 0.2) is 12.7 Å². The number of carbonyl (C=O) groups is 4. The second-order valence-corrected chi connectivity index (χ2v) is 6.82. The summed E-state index contributed by atoms with van der Waals surface area (Å²) in [4.78, 5) is 45.9. The van der Waals surface area contributed by atoms with Crippen molar-refractivity contribution in [1.82, 2.24) is 0 Å². The molecule has 0 spiro atoms. The van der Waals surface area contributed by atoms with Crippen LogP contribution < -0.4 is 0 Å². The Kier molecular flexibility index (Phi) is 9.30. The van der Waals surface area contributed by atoms with Crippen molar-refractivity contribution in [3.63, 3.8) is 0 Å². The molecule has 1 fully saturated rings. The summed E-state index contributed by atoms with van der Waals surface area (Å²) >= 11 is 1.25. The van der Waals surface area contributed by atoms with Crippen molar-refractivity contribution >= 4 is 35.6 Å². The van der Waals surface area contributed by atoms with E-state index in [1.54, 1.807) is 6.08 Å². The van der Waals surface area contributed by atoms with Gasteiger partial charge in [-0.25, -0.2) is 0 Å². The molecule has 10 heteroatoms. The second kappa shape index (κ2) is 10.9. The molecule has 5 atom stereocenters. The monoisotopic (exact) mass is 404 g/mol. The molecule has 0 bridgehead atoms. The quantitative estimate of drug-likeness (QED) is 0.329. The van der Waals surface area contributed by atoms with E-state index in [1.165, 1.54) is 39.5 Å². The van der Waals surface area contributed by atoms with Crippen molar-refractivity contribution < 1.29 is 42.9 Å². The predicted molar refractivity (Wildman–Crippen MR) is 94.6 cm³/mol. The Morgan fingerprint density at radius 2 is 1.41 bits per heavy atom. The zero-order valence-electron chi connectivity index (χ0n) is 15.7. The lowest BCUT2D eigenvalue weighted by atomic mass is 9.99.